The lowest BCUT2D eigenvalue weighted by Crippen LogP contribution is -2.16. The minimum atomic E-state index is -0.233. The zero-order valence-corrected chi connectivity index (χ0v) is 11.6. The van der Waals surface area contributed by atoms with Crippen LogP contribution in [0.4, 0.5) is 0 Å². The summed E-state index contributed by atoms with van der Waals surface area (Å²) in [6, 6.07) is 7.82. The van der Waals surface area contributed by atoms with Gasteiger partial charge >= 0.3 is 0 Å². The number of nitrogens with two attached hydrogens (primary N) is 1. The summed E-state index contributed by atoms with van der Waals surface area (Å²) >= 11 is 3.44. The van der Waals surface area contributed by atoms with E-state index in [1.54, 1.807) is 19.5 Å². The zero-order chi connectivity index (χ0) is 13.0. The molecule has 0 fully saturated rings. The average Bonchev–Trinajstić information content (AvgIpc) is 2.38. The summed E-state index contributed by atoms with van der Waals surface area (Å²) in [5, 5.41) is 0. The first-order valence-corrected chi connectivity index (χ1v) is 6.35. The summed E-state index contributed by atoms with van der Waals surface area (Å²) in [5.41, 5.74) is 7.98. The second-order valence-corrected chi connectivity index (χ2v) is 4.81. The fraction of sp³-hybridized carbons (Fsp3) is 0.231. The van der Waals surface area contributed by atoms with Gasteiger partial charge in [0.2, 0.25) is 5.88 Å². The molecule has 0 radical (unpaired) electrons. The minimum absolute atomic E-state index is 0.233. The molecule has 94 valence electrons. The Hall–Kier alpha value is -1.46. The van der Waals surface area contributed by atoms with Gasteiger partial charge in [-0.05, 0) is 24.1 Å². The highest BCUT2D eigenvalue weighted by Gasteiger charge is 2.14. The molecule has 4 nitrogen and oxygen atoms in total. The summed E-state index contributed by atoms with van der Waals surface area (Å²) in [4.78, 5) is 8.35. The molecule has 0 aliphatic heterocycles. The van der Waals surface area contributed by atoms with Gasteiger partial charge in [0.1, 0.15) is 5.69 Å². The lowest BCUT2D eigenvalue weighted by Gasteiger charge is -2.13. The highest BCUT2D eigenvalue weighted by atomic mass is 79.9. The third kappa shape index (κ3) is 3.05. The van der Waals surface area contributed by atoms with Crippen molar-refractivity contribution in [3.8, 4) is 5.88 Å². The number of benzene rings is 1. The van der Waals surface area contributed by atoms with Gasteiger partial charge < -0.3 is 10.5 Å². The van der Waals surface area contributed by atoms with Crippen molar-refractivity contribution in [3.63, 3.8) is 0 Å². The van der Waals surface area contributed by atoms with Crippen LogP contribution in [0.5, 0.6) is 5.88 Å². The molecule has 1 unspecified atom stereocenters. The summed E-state index contributed by atoms with van der Waals surface area (Å²) in [7, 11) is 1.57. The third-order valence-electron chi connectivity index (χ3n) is 2.58. The van der Waals surface area contributed by atoms with E-state index in [2.05, 4.69) is 25.9 Å². The molecule has 1 aromatic heterocycles. The smallest absolute Gasteiger partial charge is 0.236 e. The van der Waals surface area contributed by atoms with Crippen LogP contribution in [0, 0.1) is 0 Å². The second kappa shape index (κ2) is 5.93. The van der Waals surface area contributed by atoms with Gasteiger partial charge in [0.25, 0.3) is 0 Å². The van der Waals surface area contributed by atoms with Crippen molar-refractivity contribution in [1.82, 2.24) is 9.97 Å². The quantitative estimate of drug-likeness (QED) is 0.942. The number of hydrogen-bond donors (Lipinski definition) is 1. The van der Waals surface area contributed by atoms with E-state index in [-0.39, 0.29) is 6.04 Å². The maximum atomic E-state index is 6.16. The molecular weight excluding hydrogens is 294 g/mol. The van der Waals surface area contributed by atoms with Crippen LogP contribution in [0.25, 0.3) is 0 Å². The first-order valence-electron chi connectivity index (χ1n) is 5.55. The lowest BCUT2D eigenvalue weighted by molar-refractivity contribution is 0.384. The van der Waals surface area contributed by atoms with Gasteiger partial charge in [0.15, 0.2) is 0 Å². The predicted molar refractivity (Wildman–Crippen MR) is 73.4 cm³/mol. The normalized spacial score (nSPS) is 12.2. The van der Waals surface area contributed by atoms with Crippen LogP contribution in [0.3, 0.4) is 0 Å². The minimum Gasteiger partial charge on any atom is -0.480 e. The Morgan fingerprint density at radius 3 is 2.83 bits per heavy atom. The van der Waals surface area contributed by atoms with Crippen LogP contribution < -0.4 is 10.5 Å². The highest BCUT2D eigenvalue weighted by Crippen LogP contribution is 2.22. The number of ether oxygens (including phenoxy) is 1. The Morgan fingerprint density at radius 1 is 1.33 bits per heavy atom. The van der Waals surface area contributed by atoms with E-state index in [0.29, 0.717) is 18.0 Å². The zero-order valence-electron chi connectivity index (χ0n) is 10.0. The molecule has 5 heteroatoms. The Kier molecular flexibility index (Phi) is 4.28. The Balaban J connectivity index is 2.19. The largest absolute Gasteiger partial charge is 0.480 e. The number of halogens is 1. The molecule has 0 amide bonds. The van der Waals surface area contributed by atoms with E-state index in [1.807, 2.05) is 24.3 Å². The van der Waals surface area contributed by atoms with Crippen molar-refractivity contribution in [2.45, 2.75) is 12.5 Å². The molecule has 0 saturated carbocycles. The maximum Gasteiger partial charge on any atom is 0.236 e. The molecule has 0 bridgehead atoms. The molecule has 1 heterocycles. The van der Waals surface area contributed by atoms with E-state index < -0.39 is 0 Å². The van der Waals surface area contributed by atoms with Gasteiger partial charge in [-0.3, -0.25) is 4.98 Å². The topological polar surface area (TPSA) is 61.0 Å². The van der Waals surface area contributed by atoms with Crippen molar-refractivity contribution in [2.24, 2.45) is 5.73 Å². The van der Waals surface area contributed by atoms with Crippen molar-refractivity contribution >= 4 is 15.9 Å². The molecule has 1 atom stereocenters. The number of methoxy groups -OCH3 is 1. The number of rotatable bonds is 4. The molecule has 0 aliphatic rings. The maximum absolute atomic E-state index is 6.16. The Bertz CT molecular complexity index is 533. The molecule has 0 saturated heterocycles. The summed E-state index contributed by atoms with van der Waals surface area (Å²) in [6.45, 7) is 0. The van der Waals surface area contributed by atoms with E-state index in [1.165, 1.54) is 0 Å². The summed E-state index contributed by atoms with van der Waals surface area (Å²) < 4.78 is 6.21. The first kappa shape index (κ1) is 13.0. The van der Waals surface area contributed by atoms with Crippen molar-refractivity contribution in [2.75, 3.05) is 7.11 Å². The summed E-state index contributed by atoms with van der Waals surface area (Å²) in [6.07, 6.45) is 3.90. The number of aromatic nitrogens is 2. The monoisotopic (exact) mass is 307 g/mol. The Labute approximate surface area is 114 Å². The van der Waals surface area contributed by atoms with Crippen LogP contribution >= 0.6 is 15.9 Å². The molecular formula is C13H14BrN3O. The van der Waals surface area contributed by atoms with Crippen molar-refractivity contribution in [1.29, 1.82) is 0 Å². The molecule has 0 spiro atoms. The van der Waals surface area contributed by atoms with Gasteiger partial charge in [-0.15, -0.1) is 0 Å². The highest BCUT2D eigenvalue weighted by molar-refractivity contribution is 9.10. The molecule has 2 rings (SSSR count). The Morgan fingerprint density at radius 2 is 2.11 bits per heavy atom. The SMILES string of the molecule is COc1nccnc1C(N)Cc1cccc(Br)c1. The van der Waals surface area contributed by atoms with E-state index in [4.69, 9.17) is 10.5 Å². The molecule has 2 N–H and O–H groups in total. The number of hydrogen-bond acceptors (Lipinski definition) is 4. The standard InChI is InChI=1S/C13H14BrN3O/c1-18-13-12(16-5-6-17-13)11(15)8-9-3-2-4-10(14)7-9/h2-7,11H,8,15H2,1H3. The first-order chi connectivity index (χ1) is 8.70. The van der Waals surface area contributed by atoms with Crippen LogP contribution in [0.2, 0.25) is 0 Å². The predicted octanol–water partition coefficient (Wildman–Crippen LogP) is 2.49. The van der Waals surface area contributed by atoms with Gasteiger partial charge in [0, 0.05) is 16.9 Å². The van der Waals surface area contributed by atoms with Gasteiger partial charge in [-0.1, -0.05) is 28.1 Å². The third-order valence-corrected chi connectivity index (χ3v) is 3.07. The van der Waals surface area contributed by atoms with Gasteiger partial charge in [0.05, 0.1) is 13.2 Å². The van der Waals surface area contributed by atoms with Crippen LogP contribution in [0.15, 0.2) is 41.1 Å². The van der Waals surface area contributed by atoms with E-state index in [0.717, 1.165) is 10.0 Å². The van der Waals surface area contributed by atoms with Crippen molar-refractivity contribution < 1.29 is 4.74 Å². The fourth-order valence-electron chi connectivity index (χ4n) is 1.76. The molecule has 0 aliphatic carbocycles. The summed E-state index contributed by atoms with van der Waals surface area (Å²) in [5.74, 6) is 0.486. The van der Waals surface area contributed by atoms with Crippen LogP contribution in [-0.2, 0) is 6.42 Å². The fourth-order valence-corrected chi connectivity index (χ4v) is 2.21. The molecule has 1 aromatic carbocycles. The molecule has 18 heavy (non-hydrogen) atoms. The van der Waals surface area contributed by atoms with Gasteiger partial charge in [-0.25, -0.2) is 4.98 Å². The van der Waals surface area contributed by atoms with Gasteiger partial charge in [-0.2, -0.15) is 0 Å². The van der Waals surface area contributed by atoms with E-state index in [9.17, 15) is 0 Å². The molecule has 2 aromatic rings. The van der Waals surface area contributed by atoms with Crippen LogP contribution in [-0.4, -0.2) is 17.1 Å². The lowest BCUT2D eigenvalue weighted by atomic mass is 10.0. The average molecular weight is 308 g/mol. The van der Waals surface area contributed by atoms with Crippen molar-refractivity contribution in [3.05, 3.63) is 52.4 Å². The van der Waals surface area contributed by atoms with E-state index >= 15 is 0 Å². The van der Waals surface area contributed by atoms with Crippen LogP contribution in [0.1, 0.15) is 17.3 Å². The number of nitrogens with zero attached hydrogens (tertiary/aromatic N) is 2. The second-order valence-electron chi connectivity index (χ2n) is 3.89.